The zero-order valence-electron chi connectivity index (χ0n) is 10.7. The standard InChI is InChI=1S/C13H27N3/c1-12(11-16-8-4-5-9-16)15-10-13-6-2-3-7-14-13/h12-15H,2-11H2,1H3. The fraction of sp³-hybridized carbons (Fsp3) is 1.00. The van der Waals surface area contributed by atoms with E-state index >= 15 is 0 Å². The van der Waals surface area contributed by atoms with E-state index in [1.807, 2.05) is 0 Å². The number of likely N-dealkylation sites (tertiary alicyclic amines) is 1. The van der Waals surface area contributed by atoms with E-state index in [2.05, 4.69) is 22.5 Å². The van der Waals surface area contributed by atoms with Gasteiger partial charge in [0.05, 0.1) is 0 Å². The summed E-state index contributed by atoms with van der Waals surface area (Å²) in [6.07, 6.45) is 6.91. The first kappa shape index (κ1) is 12.3. The lowest BCUT2D eigenvalue weighted by Crippen LogP contribution is -2.46. The summed E-state index contributed by atoms with van der Waals surface area (Å²) in [6, 6.07) is 1.36. The number of piperidine rings is 1. The summed E-state index contributed by atoms with van der Waals surface area (Å²) in [5, 5.41) is 7.27. The Balaban J connectivity index is 1.57. The van der Waals surface area contributed by atoms with E-state index in [1.165, 1.54) is 58.3 Å². The molecule has 2 heterocycles. The molecule has 0 saturated carbocycles. The van der Waals surface area contributed by atoms with Gasteiger partial charge in [-0.3, -0.25) is 0 Å². The first-order chi connectivity index (χ1) is 7.84. The maximum Gasteiger partial charge on any atom is 0.0192 e. The summed E-state index contributed by atoms with van der Waals surface area (Å²) >= 11 is 0. The second-order valence-electron chi connectivity index (χ2n) is 5.46. The van der Waals surface area contributed by atoms with E-state index in [9.17, 15) is 0 Å². The monoisotopic (exact) mass is 225 g/mol. The van der Waals surface area contributed by atoms with Crippen molar-refractivity contribution in [3.63, 3.8) is 0 Å². The van der Waals surface area contributed by atoms with Crippen LogP contribution in [-0.2, 0) is 0 Å². The number of nitrogens with one attached hydrogen (secondary N) is 2. The van der Waals surface area contributed by atoms with Gasteiger partial charge in [0, 0.05) is 25.2 Å². The van der Waals surface area contributed by atoms with Crippen LogP contribution in [0.1, 0.15) is 39.0 Å². The van der Waals surface area contributed by atoms with Gasteiger partial charge in [-0.1, -0.05) is 6.42 Å². The Hall–Kier alpha value is -0.120. The molecule has 16 heavy (non-hydrogen) atoms. The third-order valence-electron chi connectivity index (χ3n) is 3.86. The Bertz CT molecular complexity index is 184. The predicted molar refractivity (Wildman–Crippen MR) is 68.8 cm³/mol. The van der Waals surface area contributed by atoms with Crippen molar-refractivity contribution < 1.29 is 0 Å². The highest BCUT2D eigenvalue weighted by Crippen LogP contribution is 2.08. The van der Waals surface area contributed by atoms with E-state index < -0.39 is 0 Å². The lowest BCUT2D eigenvalue weighted by Gasteiger charge is -2.27. The molecule has 0 radical (unpaired) electrons. The highest BCUT2D eigenvalue weighted by atomic mass is 15.2. The Morgan fingerprint density at radius 3 is 2.75 bits per heavy atom. The average molecular weight is 225 g/mol. The number of rotatable bonds is 5. The van der Waals surface area contributed by atoms with Crippen LogP contribution in [0.2, 0.25) is 0 Å². The molecule has 0 aliphatic carbocycles. The zero-order chi connectivity index (χ0) is 11.2. The molecule has 0 spiro atoms. The summed E-state index contributed by atoms with van der Waals surface area (Å²) in [7, 11) is 0. The number of hydrogen-bond acceptors (Lipinski definition) is 3. The highest BCUT2D eigenvalue weighted by Gasteiger charge is 2.16. The summed E-state index contributed by atoms with van der Waals surface area (Å²) in [6.45, 7) is 8.54. The van der Waals surface area contributed by atoms with Crippen LogP contribution >= 0.6 is 0 Å². The fourth-order valence-electron chi connectivity index (χ4n) is 2.86. The zero-order valence-corrected chi connectivity index (χ0v) is 10.7. The molecule has 2 aliphatic heterocycles. The molecule has 0 aromatic carbocycles. The van der Waals surface area contributed by atoms with Crippen LogP contribution in [-0.4, -0.2) is 49.7 Å². The normalized spacial score (nSPS) is 29.4. The molecular formula is C13H27N3. The van der Waals surface area contributed by atoms with Crippen molar-refractivity contribution >= 4 is 0 Å². The molecule has 0 aromatic rings. The number of hydrogen-bond donors (Lipinski definition) is 2. The quantitative estimate of drug-likeness (QED) is 0.736. The van der Waals surface area contributed by atoms with Gasteiger partial charge in [-0.15, -0.1) is 0 Å². The van der Waals surface area contributed by atoms with Crippen LogP contribution in [0, 0.1) is 0 Å². The maximum atomic E-state index is 3.68. The second-order valence-corrected chi connectivity index (χ2v) is 5.46. The van der Waals surface area contributed by atoms with Crippen LogP contribution in [0.5, 0.6) is 0 Å². The Morgan fingerprint density at radius 1 is 1.25 bits per heavy atom. The maximum absolute atomic E-state index is 3.68. The van der Waals surface area contributed by atoms with Gasteiger partial charge in [-0.2, -0.15) is 0 Å². The molecule has 3 heteroatoms. The highest BCUT2D eigenvalue weighted by molar-refractivity contribution is 4.78. The minimum absolute atomic E-state index is 0.641. The Kier molecular flexibility index (Phi) is 5.07. The topological polar surface area (TPSA) is 27.3 Å². The molecule has 0 amide bonds. The first-order valence-electron chi connectivity index (χ1n) is 7.04. The Morgan fingerprint density at radius 2 is 2.06 bits per heavy atom. The third kappa shape index (κ3) is 4.04. The molecule has 2 rings (SSSR count). The summed E-state index contributed by atoms with van der Waals surface area (Å²) < 4.78 is 0. The predicted octanol–water partition coefficient (Wildman–Crippen LogP) is 1.20. The molecule has 94 valence electrons. The summed E-state index contributed by atoms with van der Waals surface area (Å²) in [5.74, 6) is 0. The minimum atomic E-state index is 0.641. The molecular weight excluding hydrogens is 198 g/mol. The van der Waals surface area contributed by atoms with Crippen molar-refractivity contribution in [1.82, 2.24) is 15.5 Å². The van der Waals surface area contributed by atoms with Gasteiger partial charge in [0.25, 0.3) is 0 Å². The van der Waals surface area contributed by atoms with E-state index in [4.69, 9.17) is 0 Å². The van der Waals surface area contributed by atoms with Gasteiger partial charge in [-0.25, -0.2) is 0 Å². The lowest BCUT2D eigenvalue weighted by atomic mass is 10.0. The SMILES string of the molecule is CC(CN1CCCC1)NCC1CCCCN1. The van der Waals surface area contributed by atoms with Gasteiger partial charge in [0.1, 0.15) is 0 Å². The smallest absolute Gasteiger partial charge is 0.0192 e. The summed E-state index contributed by atoms with van der Waals surface area (Å²) in [4.78, 5) is 2.59. The molecule has 2 fully saturated rings. The fourth-order valence-corrected chi connectivity index (χ4v) is 2.86. The van der Waals surface area contributed by atoms with Crippen molar-refractivity contribution in [2.45, 2.75) is 51.1 Å². The molecule has 0 aromatic heterocycles. The van der Waals surface area contributed by atoms with E-state index in [-0.39, 0.29) is 0 Å². The van der Waals surface area contributed by atoms with Gasteiger partial charge >= 0.3 is 0 Å². The van der Waals surface area contributed by atoms with Crippen LogP contribution in [0.25, 0.3) is 0 Å². The van der Waals surface area contributed by atoms with Crippen molar-refractivity contribution in [2.75, 3.05) is 32.7 Å². The van der Waals surface area contributed by atoms with E-state index in [1.54, 1.807) is 0 Å². The molecule has 2 unspecified atom stereocenters. The molecule has 2 atom stereocenters. The minimum Gasteiger partial charge on any atom is -0.313 e. The summed E-state index contributed by atoms with van der Waals surface area (Å²) in [5.41, 5.74) is 0. The van der Waals surface area contributed by atoms with E-state index in [0.717, 1.165) is 12.6 Å². The van der Waals surface area contributed by atoms with Crippen LogP contribution in [0.3, 0.4) is 0 Å². The van der Waals surface area contributed by atoms with E-state index in [0.29, 0.717) is 6.04 Å². The van der Waals surface area contributed by atoms with Gasteiger partial charge in [0.2, 0.25) is 0 Å². The largest absolute Gasteiger partial charge is 0.313 e. The van der Waals surface area contributed by atoms with Crippen molar-refractivity contribution in [1.29, 1.82) is 0 Å². The third-order valence-corrected chi connectivity index (χ3v) is 3.86. The molecule has 2 N–H and O–H groups in total. The van der Waals surface area contributed by atoms with Gasteiger partial charge < -0.3 is 15.5 Å². The lowest BCUT2D eigenvalue weighted by molar-refractivity contribution is 0.287. The van der Waals surface area contributed by atoms with Crippen LogP contribution in [0.15, 0.2) is 0 Å². The first-order valence-corrected chi connectivity index (χ1v) is 7.04. The molecule has 0 bridgehead atoms. The molecule has 2 aliphatic rings. The molecule has 2 saturated heterocycles. The number of nitrogens with zero attached hydrogens (tertiary/aromatic N) is 1. The Labute approximate surface area is 100.0 Å². The van der Waals surface area contributed by atoms with Crippen LogP contribution in [0.4, 0.5) is 0 Å². The average Bonchev–Trinajstić information content (AvgIpc) is 2.81. The van der Waals surface area contributed by atoms with Crippen LogP contribution < -0.4 is 10.6 Å². The van der Waals surface area contributed by atoms with Crippen molar-refractivity contribution in [2.24, 2.45) is 0 Å². The molecule has 3 nitrogen and oxygen atoms in total. The van der Waals surface area contributed by atoms with Crippen molar-refractivity contribution in [3.8, 4) is 0 Å². The second kappa shape index (κ2) is 6.58. The van der Waals surface area contributed by atoms with Gasteiger partial charge in [0.15, 0.2) is 0 Å². The van der Waals surface area contributed by atoms with Crippen molar-refractivity contribution in [3.05, 3.63) is 0 Å². The van der Waals surface area contributed by atoms with Gasteiger partial charge in [-0.05, 0) is 52.2 Å².